The molecule has 2 rings (SSSR count). The number of benzene rings is 2. The molecule has 4 nitrogen and oxygen atoms in total. The SMILES string of the molecule is COc1ccc(C(C#N)=Cc2cc(C)c(O)c(C)c2)cc1OC. The van der Waals surface area contributed by atoms with Crippen molar-refractivity contribution in [3.63, 3.8) is 0 Å². The second kappa shape index (κ2) is 6.89. The molecule has 0 aliphatic carbocycles. The van der Waals surface area contributed by atoms with Crippen molar-refractivity contribution in [2.45, 2.75) is 13.8 Å². The van der Waals surface area contributed by atoms with Crippen LogP contribution >= 0.6 is 0 Å². The molecule has 0 radical (unpaired) electrons. The smallest absolute Gasteiger partial charge is 0.161 e. The molecule has 0 atom stereocenters. The maximum Gasteiger partial charge on any atom is 0.161 e. The largest absolute Gasteiger partial charge is 0.507 e. The van der Waals surface area contributed by atoms with Crippen LogP contribution in [-0.2, 0) is 0 Å². The maximum absolute atomic E-state index is 9.85. The zero-order chi connectivity index (χ0) is 17.0. The maximum atomic E-state index is 9.85. The van der Waals surface area contributed by atoms with Gasteiger partial charge in [-0.05, 0) is 72.5 Å². The number of aromatic hydroxyl groups is 1. The Balaban J connectivity index is 2.50. The molecular weight excluding hydrogens is 290 g/mol. The summed E-state index contributed by atoms with van der Waals surface area (Å²) in [6.45, 7) is 3.67. The predicted molar refractivity (Wildman–Crippen MR) is 90.6 cm³/mol. The van der Waals surface area contributed by atoms with Gasteiger partial charge in [0.1, 0.15) is 5.75 Å². The Hall–Kier alpha value is -2.93. The molecule has 23 heavy (non-hydrogen) atoms. The molecule has 0 aromatic heterocycles. The van der Waals surface area contributed by atoms with Crippen LogP contribution in [0.15, 0.2) is 30.3 Å². The van der Waals surface area contributed by atoms with Crippen LogP contribution in [0.1, 0.15) is 22.3 Å². The first kappa shape index (κ1) is 16.4. The van der Waals surface area contributed by atoms with Crippen molar-refractivity contribution >= 4 is 11.6 Å². The molecule has 0 fully saturated rings. The Kier molecular flexibility index (Phi) is 4.92. The fourth-order valence-corrected chi connectivity index (χ4v) is 2.42. The Morgan fingerprint density at radius 2 is 1.65 bits per heavy atom. The molecular formula is C19H19NO3. The summed E-state index contributed by atoms with van der Waals surface area (Å²) in [7, 11) is 3.13. The Labute approximate surface area is 136 Å². The van der Waals surface area contributed by atoms with Gasteiger partial charge in [-0.2, -0.15) is 5.26 Å². The lowest BCUT2D eigenvalue weighted by atomic mass is 10.0. The number of hydrogen-bond acceptors (Lipinski definition) is 4. The number of methoxy groups -OCH3 is 2. The van der Waals surface area contributed by atoms with Crippen molar-refractivity contribution < 1.29 is 14.6 Å². The highest BCUT2D eigenvalue weighted by atomic mass is 16.5. The first-order chi connectivity index (χ1) is 11.0. The van der Waals surface area contributed by atoms with Crippen molar-refractivity contribution in [3.8, 4) is 23.3 Å². The van der Waals surface area contributed by atoms with Crippen LogP contribution in [0.2, 0.25) is 0 Å². The highest BCUT2D eigenvalue weighted by molar-refractivity contribution is 5.90. The number of allylic oxidation sites excluding steroid dienone is 1. The highest BCUT2D eigenvalue weighted by Crippen LogP contribution is 2.31. The van der Waals surface area contributed by atoms with Gasteiger partial charge in [0.15, 0.2) is 11.5 Å². The number of phenols is 1. The van der Waals surface area contributed by atoms with Gasteiger partial charge in [0.2, 0.25) is 0 Å². The fraction of sp³-hybridized carbons (Fsp3) is 0.211. The number of rotatable bonds is 4. The lowest BCUT2D eigenvalue weighted by molar-refractivity contribution is 0.355. The summed E-state index contributed by atoms with van der Waals surface area (Å²) in [4.78, 5) is 0. The standard InChI is InChI=1S/C19H19NO3/c1-12-7-14(8-13(2)19(12)21)9-16(11-20)15-5-6-17(22-3)18(10-15)23-4/h5-10,21H,1-4H3. The molecule has 0 spiro atoms. The normalized spacial score (nSPS) is 11.0. The molecule has 0 saturated carbocycles. The first-order valence-electron chi connectivity index (χ1n) is 7.14. The quantitative estimate of drug-likeness (QED) is 0.682. The molecule has 1 N–H and O–H groups in total. The van der Waals surface area contributed by atoms with E-state index in [9.17, 15) is 10.4 Å². The van der Waals surface area contributed by atoms with Crippen LogP contribution in [0, 0.1) is 25.2 Å². The van der Waals surface area contributed by atoms with Crippen LogP contribution in [0.4, 0.5) is 0 Å². The summed E-state index contributed by atoms with van der Waals surface area (Å²) in [6, 6.07) is 11.3. The van der Waals surface area contributed by atoms with Gasteiger partial charge in [0, 0.05) is 0 Å². The number of ether oxygens (including phenoxy) is 2. The van der Waals surface area contributed by atoms with E-state index in [1.807, 2.05) is 32.0 Å². The molecule has 0 amide bonds. The van der Waals surface area contributed by atoms with Crippen LogP contribution in [0.25, 0.3) is 11.6 Å². The number of nitriles is 1. The summed E-state index contributed by atoms with van der Waals surface area (Å²) in [5.74, 6) is 1.47. The highest BCUT2D eigenvalue weighted by Gasteiger charge is 2.09. The van der Waals surface area contributed by atoms with Crippen molar-refractivity contribution in [2.75, 3.05) is 14.2 Å². The van der Waals surface area contributed by atoms with Crippen molar-refractivity contribution in [2.24, 2.45) is 0 Å². The molecule has 0 aliphatic rings. The Morgan fingerprint density at radius 1 is 1.04 bits per heavy atom. The average Bonchev–Trinajstić information content (AvgIpc) is 2.56. The minimum Gasteiger partial charge on any atom is -0.507 e. The van der Waals surface area contributed by atoms with E-state index in [1.165, 1.54) is 0 Å². The summed E-state index contributed by atoms with van der Waals surface area (Å²) >= 11 is 0. The van der Waals surface area contributed by atoms with Gasteiger partial charge in [0.05, 0.1) is 25.9 Å². The monoisotopic (exact) mass is 309 g/mol. The molecule has 0 unspecified atom stereocenters. The molecule has 0 bridgehead atoms. The number of hydrogen-bond donors (Lipinski definition) is 1. The fourth-order valence-electron chi connectivity index (χ4n) is 2.42. The molecule has 2 aromatic carbocycles. The van der Waals surface area contributed by atoms with E-state index in [1.54, 1.807) is 32.4 Å². The first-order valence-corrected chi connectivity index (χ1v) is 7.14. The molecule has 118 valence electrons. The van der Waals surface area contributed by atoms with E-state index in [0.29, 0.717) is 17.1 Å². The third-order valence-corrected chi connectivity index (χ3v) is 3.64. The molecule has 0 saturated heterocycles. The predicted octanol–water partition coefficient (Wildman–Crippen LogP) is 4.09. The lowest BCUT2D eigenvalue weighted by Gasteiger charge is -2.09. The number of phenolic OH excluding ortho intramolecular Hbond substituents is 1. The zero-order valence-corrected chi connectivity index (χ0v) is 13.7. The van der Waals surface area contributed by atoms with Crippen LogP contribution in [-0.4, -0.2) is 19.3 Å². The summed E-state index contributed by atoms with van der Waals surface area (Å²) in [5.41, 5.74) is 3.68. The Bertz CT molecular complexity index is 778. The Morgan fingerprint density at radius 3 is 2.17 bits per heavy atom. The number of nitrogens with zero attached hydrogens (tertiary/aromatic N) is 1. The third-order valence-electron chi connectivity index (χ3n) is 3.64. The minimum atomic E-state index is 0.284. The average molecular weight is 309 g/mol. The van der Waals surface area contributed by atoms with Crippen LogP contribution < -0.4 is 9.47 Å². The second-order valence-corrected chi connectivity index (χ2v) is 5.24. The van der Waals surface area contributed by atoms with Crippen molar-refractivity contribution in [1.82, 2.24) is 0 Å². The number of aryl methyl sites for hydroxylation is 2. The van der Waals surface area contributed by atoms with E-state index in [2.05, 4.69) is 6.07 Å². The van der Waals surface area contributed by atoms with E-state index in [0.717, 1.165) is 22.3 Å². The molecule has 2 aromatic rings. The van der Waals surface area contributed by atoms with Crippen LogP contribution in [0.5, 0.6) is 17.2 Å². The van der Waals surface area contributed by atoms with Crippen LogP contribution in [0.3, 0.4) is 0 Å². The lowest BCUT2D eigenvalue weighted by Crippen LogP contribution is -1.92. The van der Waals surface area contributed by atoms with Crippen molar-refractivity contribution in [1.29, 1.82) is 5.26 Å². The van der Waals surface area contributed by atoms with E-state index in [4.69, 9.17) is 9.47 Å². The van der Waals surface area contributed by atoms with Gasteiger partial charge in [-0.1, -0.05) is 0 Å². The van der Waals surface area contributed by atoms with E-state index in [-0.39, 0.29) is 5.75 Å². The molecule has 4 heteroatoms. The summed E-state index contributed by atoms with van der Waals surface area (Å²) < 4.78 is 10.5. The summed E-state index contributed by atoms with van der Waals surface area (Å²) in [5, 5.41) is 19.3. The van der Waals surface area contributed by atoms with Gasteiger partial charge < -0.3 is 14.6 Å². The minimum absolute atomic E-state index is 0.284. The third kappa shape index (κ3) is 3.46. The van der Waals surface area contributed by atoms with Gasteiger partial charge in [-0.15, -0.1) is 0 Å². The molecule has 0 aliphatic heterocycles. The summed E-state index contributed by atoms with van der Waals surface area (Å²) in [6.07, 6.45) is 1.79. The van der Waals surface area contributed by atoms with Gasteiger partial charge in [-0.3, -0.25) is 0 Å². The zero-order valence-electron chi connectivity index (χ0n) is 13.7. The van der Waals surface area contributed by atoms with E-state index >= 15 is 0 Å². The topological polar surface area (TPSA) is 62.5 Å². The van der Waals surface area contributed by atoms with Gasteiger partial charge >= 0.3 is 0 Å². The van der Waals surface area contributed by atoms with E-state index < -0.39 is 0 Å². The molecule has 0 heterocycles. The van der Waals surface area contributed by atoms with Crippen molar-refractivity contribution in [3.05, 3.63) is 52.6 Å². The van der Waals surface area contributed by atoms with Gasteiger partial charge in [0.25, 0.3) is 0 Å². The second-order valence-electron chi connectivity index (χ2n) is 5.24. The van der Waals surface area contributed by atoms with Gasteiger partial charge in [-0.25, -0.2) is 0 Å².